The maximum absolute atomic E-state index is 13.6. The van der Waals surface area contributed by atoms with Crippen LogP contribution in [0.4, 0.5) is 21.5 Å². The third-order valence-electron chi connectivity index (χ3n) is 2.55. The fourth-order valence-electron chi connectivity index (χ4n) is 1.61. The van der Waals surface area contributed by atoms with Crippen LogP contribution in [0, 0.1) is 15.9 Å². The molecule has 1 amide bonds. The standard InChI is InChI=1S/C13H10FN3O3/c14-12-6-8(15)4-5-11(12)13(18)16-9-2-1-3-10(7-9)17(19)20/h1-7H,15H2,(H,16,18). The predicted molar refractivity (Wildman–Crippen MR) is 71.9 cm³/mol. The molecule has 102 valence electrons. The zero-order valence-corrected chi connectivity index (χ0v) is 10.2. The van der Waals surface area contributed by atoms with Crippen LogP contribution in [0.3, 0.4) is 0 Å². The highest BCUT2D eigenvalue weighted by Crippen LogP contribution is 2.19. The summed E-state index contributed by atoms with van der Waals surface area (Å²) in [5.74, 6) is -1.46. The van der Waals surface area contributed by atoms with Gasteiger partial charge in [-0.05, 0) is 24.3 Å². The SMILES string of the molecule is Nc1ccc(C(=O)Nc2cccc([N+](=O)[O-])c2)c(F)c1. The Morgan fingerprint density at radius 3 is 2.65 bits per heavy atom. The van der Waals surface area contributed by atoms with E-state index in [4.69, 9.17) is 5.73 Å². The van der Waals surface area contributed by atoms with Crippen LogP contribution in [-0.4, -0.2) is 10.8 Å². The summed E-state index contributed by atoms with van der Waals surface area (Å²) in [5, 5.41) is 13.0. The zero-order chi connectivity index (χ0) is 14.7. The number of anilines is 2. The molecule has 0 aliphatic heterocycles. The van der Waals surface area contributed by atoms with E-state index >= 15 is 0 Å². The van der Waals surface area contributed by atoms with Gasteiger partial charge >= 0.3 is 0 Å². The van der Waals surface area contributed by atoms with E-state index in [-0.39, 0.29) is 22.6 Å². The van der Waals surface area contributed by atoms with E-state index in [1.165, 1.54) is 36.4 Å². The Morgan fingerprint density at radius 2 is 2.00 bits per heavy atom. The lowest BCUT2D eigenvalue weighted by Crippen LogP contribution is -2.14. The monoisotopic (exact) mass is 275 g/mol. The number of non-ortho nitro benzene ring substituents is 1. The highest BCUT2D eigenvalue weighted by atomic mass is 19.1. The topological polar surface area (TPSA) is 98.3 Å². The third kappa shape index (κ3) is 2.89. The highest BCUT2D eigenvalue weighted by Gasteiger charge is 2.13. The number of nitrogens with one attached hydrogen (secondary N) is 1. The molecule has 0 aliphatic carbocycles. The van der Waals surface area contributed by atoms with Gasteiger partial charge in [-0.25, -0.2) is 4.39 Å². The Bertz CT molecular complexity index is 688. The van der Waals surface area contributed by atoms with Crippen LogP contribution in [-0.2, 0) is 0 Å². The van der Waals surface area contributed by atoms with E-state index in [1.54, 1.807) is 0 Å². The number of hydrogen-bond acceptors (Lipinski definition) is 4. The fraction of sp³-hybridized carbons (Fsp3) is 0. The molecule has 2 aromatic carbocycles. The molecule has 2 rings (SSSR count). The van der Waals surface area contributed by atoms with E-state index in [2.05, 4.69) is 5.32 Å². The number of benzene rings is 2. The minimum absolute atomic E-state index is 0.166. The summed E-state index contributed by atoms with van der Waals surface area (Å²) in [5.41, 5.74) is 5.44. The first-order chi connectivity index (χ1) is 9.47. The molecule has 20 heavy (non-hydrogen) atoms. The number of hydrogen-bond donors (Lipinski definition) is 2. The molecule has 0 saturated carbocycles. The van der Waals surface area contributed by atoms with Crippen LogP contribution in [0.15, 0.2) is 42.5 Å². The summed E-state index contributed by atoms with van der Waals surface area (Å²) in [7, 11) is 0. The largest absolute Gasteiger partial charge is 0.399 e. The number of rotatable bonds is 3. The first kappa shape index (κ1) is 13.5. The van der Waals surface area contributed by atoms with Gasteiger partial charge in [0, 0.05) is 23.5 Å². The van der Waals surface area contributed by atoms with E-state index < -0.39 is 16.6 Å². The highest BCUT2D eigenvalue weighted by molar-refractivity contribution is 6.04. The van der Waals surface area contributed by atoms with Gasteiger partial charge in [0.25, 0.3) is 11.6 Å². The molecule has 0 atom stereocenters. The van der Waals surface area contributed by atoms with Gasteiger partial charge in [-0.2, -0.15) is 0 Å². The van der Waals surface area contributed by atoms with Crippen LogP contribution in [0.1, 0.15) is 10.4 Å². The molecule has 2 aromatic rings. The summed E-state index contributed by atoms with van der Waals surface area (Å²) in [6.45, 7) is 0. The number of nitrogens with zero attached hydrogens (tertiary/aromatic N) is 1. The number of nitrogen functional groups attached to an aromatic ring is 1. The molecule has 7 heteroatoms. The molecule has 3 N–H and O–H groups in total. The number of nitro groups is 1. The number of carbonyl (C=O) groups is 1. The van der Waals surface area contributed by atoms with E-state index in [9.17, 15) is 19.3 Å². The third-order valence-corrected chi connectivity index (χ3v) is 2.55. The van der Waals surface area contributed by atoms with E-state index in [0.29, 0.717) is 0 Å². The van der Waals surface area contributed by atoms with Crippen LogP contribution in [0.2, 0.25) is 0 Å². The average molecular weight is 275 g/mol. The van der Waals surface area contributed by atoms with Gasteiger partial charge < -0.3 is 11.1 Å². The summed E-state index contributed by atoms with van der Waals surface area (Å²) in [4.78, 5) is 21.9. The molecule has 6 nitrogen and oxygen atoms in total. The second-order valence-corrected chi connectivity index (χ2v) is 4.00. The van der Waals surface area contributed by atoms with Crippen LogP contribution in [0.5, 0.6) is 0 Å². The normalized spacial score (nSPS) is 10.1. The zero-order valence-electron chi connectivity index (χ0n) is 10.2. The van der Waals surface area contributed by atoms with Gasteiger partial charge in [-0.3, -0.25) is 14.9 Å². The van der Waals surface area contributed by atoms with Crippen molar-refractivity contribution in [2.45, 2.75) is 0 Å². The van der Waals surface area contributed by atoms with Crippen LogP contribution >= 0.6 is 0 Å². The van der Waals surface area contributed by atoms with Crippen LogP contribution < -0.4 is 11.1 Å². The summed E-state index contributed by atoms with van der Waals surface area (Å²) in [6, 6.07) is 9.05. The van der Waals surface area contributed by atoms with Crippen molar-refractivity contribution in [1.82, 2.24) is 0 Å². The summed E-state index contributed by atoms with van der Waals surface area (Å²) >= 11 is 0. The molecular weight excluding hydrogens is 265 g/mol. The summed E-state index contributed by atoms with van der Waals surface area (Å²) in [6.07, 6.45) is 0. The van der Waals surface area contributed by atoms with E-state index in [1.807, 2.05) is 0 Å². The number of carbonyl (C=O) groups excluding carboxylic acids is 1. The molecule has 0 aliphatic rings. The lowest BCUT2D eigenvalue weighted by molar-refractivity contribution is -0.384. The Morgan fingerprint density at radius 1 is 1.25 bits per heavy atom. The second-order valence-electron chi connectivity index (χ2n) is 4.00. The lowest BCUT2D eigenvalue weighted by Gasteiger charge is -2.06. The van der Waals surface area contributed by atoms with Gasteiger partial charge in [0.05, 0.1) is 10.5 Å². The van der Waals surface area contributed by atoms with Gasteiger partial charge in [-0.1, -0.05) is 6.07 Å². The predicted octanol–water partition coefficient (Wildman–Crippen LogP) is 2.57. The average Bonchev–Trinajstić information content (AvgIpc) is 2.38. The van der Waals surface area contributed by atoms with E-state index in [0.717, 1.165) is 6.07 Å². The first-order valence-corrected chi connectivity index (χ1v) is 5.58. The van der Waals surface area contributed by atoms with Crippen molar-refractivity contribution >= 4 is 23.0 Å². The summed E-state index contributed by atoms with van der Waals surface area (Å²) < 4.78 is 13.6. The number of amides is 1. The molecule has 0 unspecified atom stereocenters. The van der Waals surface area contributed by atoms with Gasteiger partial charge in [0.1, 0.15) is 5.82 Å². The fourth-order valence-corrected chi connectivity index (χ4v) is 1.61. The Kier molecular flexibility index (Phi) is 3.60. The molecular formula is C13H10FN3O3. The minimum Gasteiger partial charge on any atom is -0.399 e. The molecule has 0 aromatic heterocycles. The van der Waals surface area contributed by atoms with Crippen molar-refractivity contribution in [3.63, 3.8) is 0 Å². The number of nitro benzene ring substituents is 1. The maximum atomic E-state index is 13.6. The van der Waals surface area contributed by atoms with Crippen molar-refractivity contribution in [3.05, 3.63) is 64.0 Å². The Hall–Kier alpha value is -2.96. The maximum Gasteiger partial charge on any atom is 0.271 e. The van der Waals surface area contributed by atoms with Gasteiger partial charge in [0.15, 0.2) is 0 Å². The van der Waals surface area contributed by atoms with Gasteiger partial charge in [-0.15, -0.1) is 0 Å². The molecule has 0 heterocycles. The lowest BCUT2D eigenvalue weighted by atomic mass is 10.1. The molecule has 0 fully saturated rings. The van der Waals surface area contributed by atoms with Crippen molar-refractivity contribution in [2.24, 2.45) is 0 Å². The molecule has 0 radical (unpaired) electrons. The van der Waals surface area contributed by atoms with Crippen molar-refractivity contribution in [1.29, 1.82) is 0 Å². The molecule has 0 spiro atoms. The number of halogens is 1. The van der Waals surface area contributed by atoms with Crippen molar-refractivity contribution in [3.8, 4) is 0 Å². The van der Waals surface area contributed by atoms with Gasteiger partial charge in [0.2, 0.25) is 0 Å². The Balaban J connectivity index is 2.23. The first-order valence-electron chi connectivity index (χ1n) is 5.58. The minimum atomic E-state index is -0.757. The second kappa shape index (κ2) is 5.35. The van der Waals surface area contributed by atoms with Crippen molar-refractivity contribution in [2.75, 3.05) is 11.1 Å². The van der Waals surface area contributed by atoms with Crippen molar-refractivity contribution < 1.29 is 14.1 Å². The Labute approximate surface area is 113 Å². The number of nitrogens with two attached hydrogens (primary N) is 1. The van der Waals surface area contributed by atoms with Crippen LogP contribution in [0.25, 0.3) is 0 Å². The smallest absolute Gasteiger partial charge is 0.271 e. The molecule has 0 bridgehead atoms. The molecule has 0 saturated heterocycles. The quantitative estimate of drug-likeness (QED) is 0.511.